The maximum absolute atomic E-state index is 5.36. The highest BCUT2D eigenvalue weighted by molar-refractivity contribution is 5.73. The molecule has 0 fully saturated rings. The molecule has 0 amide bonds. The van der Waals surface area contributed by atoms with Crippen LogP contribution in [0.5, 0.6) is 17.2 Å². The molecule has 0 radical (unpaired) electrons. The minimum Gasteiger partial charge on any atom is -0.493 e. The number of hydrogen-bond acceptors (Lipinski definition) is 5. The number of anilines is 1. The van der Waals surface area contributed by atoms with Gasteiger partial charge in [0, 0.05) is 0 Å². The zero-order chi connectivity index (χ0) is 16.7. The molecule has 0 atom stereocenters. The summed E-state index contributed by atoms with van der Waals surface area (Å²) < 4.78 is 16.0. The lowest BCUT2D eigenvalue weighted by atomic mass is 10.1. The van der Waals surface area contributed by atoms with E-state index in [-0.39, 0.29) is 0 Å². The second-order valence-corrected chi connectivity index (χ2v) is 4.72. The van der Waals surface area contributed by atoms with Gasteiger partial charge in [0.15, 0.2) is 11.5 Å². The Kier molecular flexibility index (Phi) is 5.88. The fourth-order valence-corrected chi connectivity index (χ4v) is 2.21. The molecule has 2 aromatic carbocycles. The first-order valence-corrected chi connectivity index (χ1v) is 7.09. The summed E-state index contributed by atoms with van der Waals surface area (Å²) >= 11 is 0. The van der Waals surface area contributed by atoms with Crippen molar-refractivity contribution in [1.29, 1.82) is 0 Å². The average Bonchev–Trinajstić information content (AvgIpc) is 2.59. The number of benzene rings is 2. The van der Waals surface area contributed by atoms with Gasteiger partial charge >= 0.3 is 0 Å². The zero-order valence-corrected chi connectivity index (χ0v) is 13.8. The maximum Gasteiger partial charge on any atom is 0.203 e. The molecule has 1 N–H and O–H groups in total. The number of rotatable bonds is 7. The molecule has 0 bridgehead atoms. The minimum atomic E-state index is 0.582. The van der Waals surface area contributed by atoms with E-state index in [1.165, 1.54) is 0 Å². The fraction of sp³-hybridized carbons (Fsp3) is 0.222. The van der Waals surface area contributed by atoms with Crippen LogP contribution in [0, 0.1) is 0 Å². The number of hydrogen-bond donors (Lipinski definition) is 1. The molecule has 2 aromatic rings. The quantitative estimate of drug-likeness (QED) is 0.621. The monoisotopic (exact) mass is 315 g/mol. The van der Waals surface area contributed by atoms with E-state index in [4.69, 9.17) is 19.0 Å². The Balaban J connectivity index is 2.30. The van der Waals surface area contributed by atoms with Crippen molar-refractivity contribution >= 4 is 17.8 Å². The van der Waals surface area contributed by atoms with Crippen molar-refractivity contribution in [3.63, 3.8) is 0 Å². The highest BCUT2D eigenvalue weighted by atomic mass is 16.6. The SMILES string of the molecule is CONc1cccc(C=Cc2cc(OC)c(OC)c(OC)c2)c1. The van der Waals surface area contributed by atoms with Gasteiger partial charge in [0.25, 0.3) is 0 Å². The third kappa shape index (κ3) is 4.17. The summed E-state index contributed by atoms with van der Waals surface area (Å²) in [6.07, 6.45) is 3.98. The molecule has 0 aliphatic rings. The van der Waals surface area contributed by atoms with E-state index in [1.807, 2.05) is 48.6 Å². The van der Waals surface area contributed by atoms with E-state index in [0.717, 1.165) is 16.8 Å². The van der Waals surface area contributed by atoms with E-state index in [9.17, 15) is 0 Å². The predicted molar refractivity (Wildman–Crippen MR) is 92.1 cm³/mol. The largest absolute Gasteiger partial charge is 0.493 e. The van der Waals surface area contributed by atoms with Crippen LogP contribution in [0.2, 0.25) is 0 Å². The van der Waals surface area contributed by atoms with Crippen LogP contribution >= 0.6 is 0 Å². The van der Waals surface area contributed by atoms with Crippen LogP contribution in [-0.4, -0.2) is 28.4 Å². The van der Waals surface area contributed by atoms with Crippen molar-refractivity contribution in [3.05, 3.63) is 47.5 Å². The molecule has 0 aliphatic heterocycles. The summed E-state index contributed by atoms with van der Waals surface area (Å²) in [5.74, 6) is 1.83. The number of ether oxygens (including phenoxy) is 3. The Hall–Kier alpha value is -2.66. The van der Waals surface area contributed by atoms with Crippen LogP contribution in [0.1, 0.15) is 11.1 Å². The van der Waals surface area contributed by atoms with Crippen molar-refractivity contribution in [2.24, 2.45) is 0 Å². The summed E-state index contributed by atoms with van der Waals surface area (Å²) in [5.41, 5.74) is 5.69. The summed E-state index contributed by atoms with van der Waals surface area (Å²) in [7, 11) is 6.37. The summed E-state index contributed by atoms with van der Waals surface area (Å²) in [5, 5.41) is 0. The fourth-order valence-electron chi connectivity index (χ4n) is 2.21. The van der Waals surface area contributed by atoms with Crippen LogP contribution in [0.25, 0.3) is 12.2 Å². The van der Waals surface area contributed by atoms with Gasteiger partial charge < -0.3 is 14.2 Å². The van der Waals surface area contributed by atoms with Crippen molar-refractivity contribution in [3.8, 4) is 17.2 Å². The number of methoxy groups -OCH3 is 3. The number of nitrogens with one attached hydrogen (secondary N) is 1. The Morgan fingerprint density at radius 3 is 2.00 bits per heavy atom. The molecule has 23 heavy (non-hydrogen) atoms. The van der Waals surface area contributed by atoms with E-state index in [1.54, 1.807) is 28.4 Å². The molecule has 0 saturated carbocycles. The molecule has 5 heteroatoms. The van der Waals surface area contributed by atoms with Gasteiger partial charge in [-0.1, -0.05) is 24.3 Å². The summed E-state index contributed by atoms with van der Waals surface area (Å²) in [6, 6.07) is 11.7. The van der Waals surface area contributed by atoms with E-state index in [0.29, 0.717) is 17.2 Å². The van der Waals surface area contributed by atoms with Gasteiger partial charge in [-0.2, -0.15) is 0 Å². The van der Waals surface area contributed by atoms with Crippen molar-refractivity contribution in [1.82, 2.24) is 0 Å². The Morgan fingerprint density at radius 2 is 1.43 bits per heavy atom. The van der Waals surface area contributed by atoms with Crippen LogP contribution in [0.3, 0.4) is 0 Å². The van der Waals surface area contributed by atoms with Gasteiger partial charge in [0.1, 0.15) is 0 Å². The van der Waals surface area contributed by atoms with Crippen molar-refractivity contribution in [2.75, 3.05) is 33.9 Å². The lowest BCUT2D eigenvalue weighted by Crippen LogP contribution is -1.95. The molecule has 0 aliphatic carbocycles. The zero-order valence-electron chi connectivity index (χ0n) is 13.8. The third-order valence-corrected chi connectivity index (χ3v) is 3.26. The Morgan fingerprint density at radius 1 is 0.783 bits per heavy atom. The molecule has 0 aromatic heterocycles. The predicted octanol–water partition coefficient (Wildman–Crippen LogP) is 3.86. The van der Waals surface area contributed by atoms with Crippen LogP contribution in [-0.2, 0) is 4.84 Å². The molecule has 5 nitrogen and oxygen atoms in total. The summed E-state index contributed by atoms with van der Waals surface area (Å²) in [6.45, 7) is 0. The Bertz CT molecular complexity index is 657. The summed E-state index contributed by atoms with van der Waals surface area (Å²) in [4.78, 5) is 4.91. The van der Waals surface area contributed by atoms with Crippen LogP contribution in [0.4, 0.5) is 5.69 Å². The molecule has 2 rings (SSSR count). The van der Waals surface area contributed by atoms with Gasteiger partial charge in [-0.15, -0.1) is 0 Å². The second kappa shape index (κ2) is 8.10. The minimum absolute atomic E-state index is 0.582. The van der Waals surface area contributed by atoms with E-state index >= 15 is 0 Å². The third-order valence-electron chi connectivity index (χ3n) is 3.26. The van der Waals surface area contributed by atoms with Crippen molar-refractivity contribution < 1.29 is 19.0 Å². The molecular formula is C18H21NO4. The highest BCUT2D eigenvalue weighted by Gasteiger charge is 2.11. The standard InChI is InChI=1S/C18H21NO4/c1-20-16-11-14(12-17(21-2)18(16)22-3)9-8-13-6-5-7-15(10-13)19-23-4/h5-12,19H,1-4H3. The lowest BCUT2D eigenvalue weighted by molar-refractivity contribution is 0.271. The van der Waals surface area contributed by atoms with E-state index < -0.39 is 0 Å². The first kappa shape index (κ1) is 16.7. The molecule has 0 saturated heterocycles. The normalized spacial score (nSPS) is 10.6. The topological polar surface area (TPSA) is 49.0 Å². The maximum atomic E-state index is 5.36. The second-order valence-electron chi connectivity index (χ2n) is 4.72. The van der Waals surface area contributed by atoms with E-state index in [2.05, 4.69) is 5.48 Å². The Labute approximate surface area is 136 Å². The smallest absolute Gasteiger partial charge is 0.203 e. The van der Waals surface area contributed by atoms with Gasteiger partial charge in [0.05, 0.1) is 34.1 Å². The van der Waals surface area contributed by atoms with Crippen molar-refractivity contribution in [2.45, 2.75) is 0 Å². The molecular weight excluding hydrogens is 294 g/mol. The average molecular weight is 315 g/mol. The van der Waals surface area contributed by atoms with Crippen LogP contribution < -0.4 is 19.7 Å². The molecule has 0 spiro atoms. The van der Waals surface area contributed by atoms with Gasteiger partial charge in [-0.25, -0.2) is 0 Å². The lowest BCUT2D eigenvalue weighted by Gasteiger charge is -2.12. The van der Waals surface area contributed by atoms with Crippen LogP contribution in [0.15, 0.2) is 36.4 Å². The molecule has 0 unspecified atom stereocenters. The van der Waals surface area contributed by atoms with Gasteiger partial charge in [-0.3, -0.25) is 10.3 Å². The van der Waals surface area contributed by atoms with Gasteiger partial charge in [-0.05, 0) is 35.4 Å². The van der Waals surface area contributed by atoms with Gasteiger partial charge in [0.2, 0.25) is 5.75 Å². The molecule has 0 heterocycles. The molecule has 122 valence electrons. The first-order chi connectivity index (χ1) is 11.2. The highest BCUT2D eigenvalue weighted by Crippen LogP contribution is 2.38. The first-order valence-electron chi connectivity index (χ1n) is 7.09.